The molecule has 156 valence electrons. The number of nitrogens with zero attached hydrogens (tertiary/aromatic N) is 4. The summed E-state index contributed by atoms with van der Waals surface area (Å²) in [7, 11) is 4.02. The van der Waals surface area contributed by atoms with Gasteiger partial charge < -0.3 is 9.88 Å². The van der Waals surface area contributed by atoms with Crippen molar-refractivity contribution in [3.05, 3.63) is 71.8 Å². The molecule has 6 rings (SSSR count). The van der Waals surface area contributed by atoms with Crippen molar-refractivity contribution in [2.24, 2.45) is 0 Å². The minimum Gasteiger partial charge on any atom is -0.376 e. The molecule has 5 heterocycles. The van der Waals surface area contributed by atoms with E-state index in [1.54, 1.807) is 11.3 Å². The number of pyridine rings is 2. The van der Waals surface area contributed by atoms with E-state index < -0.39 is 0 Å². The van der Waals surface area contributed by atoms with Gasteiger partial charge in [-0.25, -0.2) is 4.98 Å². The van der Waals surface area contributed by atoms with Gasteiger partial charge in [-0.1, -0.05) is 12.1 Å². The summed E-state index contributed by atoms with van der Waals surface area (Å²) >= 11 is 1.71. The summed E-state index contributed by atoms with van der Waals surface area (Å²) in [6.07, 6.45) is 5.57. The number of fused-ring (bicyclic) bond motifs is 2. The van der Waals surface area contributed by atoms with E-state index in [2.05, 4.69) is 78.4 Å². The molecule has 0 unspecified atom stereocenters. The molecular formula is C25H20N6S. The van der Waals surface area contributed by atoms with Crippen molar-refractivity contribution < 1.29 is 0 Å². The van der Waals surface area contributed by atoms with Crippen LogP contribution >= 0.6 is 11.3 Å². The van der Waals surface area contributed by atoms with Gasteiger partial charge in [0.05, 0.1) is 23.3 Å². The molecular weight excluding hydrogens is 416 g/mol. The first kappa shape index (κ1) is 18.8. The molecule has 0 bridgehead atoms. The van der Waals surface area contributed by atoms with E-state index in [1.165, 1.54) is 16.5 Å². The zero-order chi connectivity index (χ0) is 21.7. The molecule has 0 atom stereocenters. The molecule has 0 saturated heterocycles. The highest BCUT2D eigenvalue weighted by Gasteiger charge is 2.15. The predicted octanol–water partition coefficient (Wildman–Crippen LogP) is 5.96. The Bertz CT molecular complexity index is 1560. The summed E-state index contributed by atoms with van der Waals surface area (Å²) < 4.78 is 0. The molecule has 1 aromatic carbocycles. The first-order valence-electron chi connectivity index (χ1n) is 10.3. The van der Waals surface area contributed by atoms with Gasteiger partial charge in [0.2, 0.25) is 0 Å². The van der Waals surface area contributed by atoms with Crippen LogP contribution in [-0.4, -0.2) is 39.2 Å². The number of hydrogen-bond acceptors (Lipinski definition) is 5. The molecule has 7 heteroatoms. The number of aromatic amines is 2. The van der Waals surface area contributed by atoms with E-state index in [1.807, 2.05) is 37.6 Å². The fourth-order valence-corrected chi connectivity index (χ4v) is 4.71. The monoisotopic (exact) mass is 436 g/mol. The minimum absolute atomic E-state index is 0.692. The summed E-state index contributed by atoms with van der Waals surface area (Å²) in [6.45, 7) is 0. The van der Waals surface area contributed by atoms with Gasteiger partial charge in [0.15, 0.2) is 5.65 Å². The standard InChI is InChI=1S/C25H20N6S/c1-31(2)18-8-16(11-26-13-18)17-9-21-24(29-30-25(21)27-12-17)23-10-20-19(15-6-7-32-14-15)4-3-5-22(20)28-23/h3-14,28H,1-2H3,(H,27,29,30). The molecule has 0 fully saturated rings. The Labute approximate surface area is 188 Å². The molecule has 6 nitrogen and oxygen atoms in total. The Morgan fingerprint density at radius 1 is 0.906 bits per heavy atom. The lowest BCUT2D eigenvalue weighted by atomic mass is 10.0. The number of thiophene rings is 1. The van der Waals surface area contributed by atoms with Gasteiger partial charge in [-0.05, 0) is 52.2 Å². The van der Waals surface area contributed by atoms with Gasteiger partial charge in [0, 0.05) is 53.9 Å². The van der Waals surface area contributed by atoms with Crippen LogP contribution in [0, 0.1) is 0 Å². The topological polar surface area (TPSA) is 73.5 Å². The number of H-pyrrole nitrogens is 2. The smallest absolute Gasteiger partial charge is 0.181 e. The average molecular weight is 437 g/mol. The second-order valence-corrected chi connectivity index (χ2v) is 8.76. The third-order valence-corrected chi connectivity index (χ3v) is 6.43. The van der Waals surface area contributed by atoms with Gasteiger partial charge in [-0.15, -0.1) is 0 Å². The average Bonchev–Trinajstić information content (AvgIpc) is 3.57. The Morgan fingerprint density at radius 2 is 1.81 bits per heavy atom. The summed E-state index contributed by atoms with van der Waals surface area (Å²) in [5.41, 5.74) is 9.24. The third-order valence-electron chi connectivity index (χ3n) is 5.75. The first-order chi connectivity index (χ1) is 15.7. The number of aromatic nitrogens is 5. The Balaban J connectivity index is 1.49. The van der Waals surface area contributed by atoms with Crippen LogP contribution in [0.5, 0.6) is 0 Å². The quantitative estimate of drug-likeness (QED) is 0.357. The van der Waals surface area contributed by atoms with Crippen molar-refractivity contribution in [3.8, 4) is 33.6 Å². The highest BCUT2D eigenvalue weighted by molar-refractivity contribution is 7.08. The van der Waals surface area contributed by atoms with Crippen molar-refractivity contribution in [2.75, 3.05) is 19.0 Å². The van der Waals surface area contributed by atoms with Crippen LogP contribution < -0.4 is 4.90 Å². The van der Waals surface area contributed by atoms with E-state index in [9.17, 15) is 0 Å². The molecule has 0 amide bonds. The minimum atomic E-state index is 0.692. The van der Waals surface area contributed by atoms with Gasteiger partial charge in [-0.3, -0.25) is 10.1 Å². The van der Waals surface area contributed by atoms with Crippen LogP contribution in [0.4, 0.5) is 5.69 Å². The highest BCUT2D eigenvalue weighted by atomic mass is 32.1. The largest absolute Gasteiger partial charge is 0.376 e. The Kier molecular flexibility index (Phi) is 4.29. The number of anilines is 1. The van der Waals surface area contributed by atoms with Crippen molar-refractivity contribution >= 4 is 39.0 Å². The van der Waals surface area contributed by atoms with Crippen LogP contribution in [0.2, 0.25) is 0 Å². The number of nitrogens with one attached hydrogen (secondary N) is 2. The molecule has 6 aromatic rings. The molecule has 0 spiro atoms. The number of benzene rings is 1. The molecule has 0 aliphatic heterocycles. The Morgan fingerprint density at radius 3 is 2.66 bits per heavy atom. The van der Waals surface area contributed by atoms with Crippen molar-refractivity contribution in [1.82, 2.24) is 25.1 Å². The summed E-state index contributed by atoms with van der Waals surface area (Å²) in [4.78, 5) is 14.6. The summed E-state index contributed by atoms with van der Waals surface area (Å²) in [5, 5.41) is 14.1. The highest BCUT2D eigenvalue weighted by Crippen LogP contribution is 2.35. The van der Waals surface area contributed by atoms with Crippen molar-refractivity contribution in [1.29, 1.82) is 0 Å². The first-order valence-corrected chi connectivity index (χ1v) is 11.2. The third kappa shape index (κ3) is 3.06. The predicted molar refractivity (Wildman–Crippen MR) is 132 cm³/mol. The normalized spacial score (nSPS) is 11.4. The second kappa shape index (κ2) is 7.32. The number of hydrogen-bond donors (Lipinski definition) is 2. The Hall–Kier alpha value is -3.97. The lowest BCUT2D eigenvalue weighted by Crippen LogP contribution is -2.08. The molecule has 0 saturated carbocycles. The summed E-state index contributed by atoms with van der Waals surface area (Å²) in [6, 6.07) is 15.0. The molecule has 0 radical (unpaired) electrons. The fraction of sp³-hybridized carbons (Fsp3) is 0.0800. The van der Waals surface area contributed by atoms with Crippen LogP contribution in [-0.2, 0) is 0 Å². The number of rotatable bonds is 4. The fourth-order valence-electron chi connectivity index (χ4n) is 4.05. The van der Waals surface area contributed by atoms with E-state index in [4.69, 9.17) is 0 Å². The van der Waals surface area contributed by atoms with E-state index in [0.717, 1.165) is 39.1 Å². The molecule has 0 aliphatic carbocycles. The van der Waals surface area contributed by atoms with Crippen molar-refractivity contribution in [3.63, 3.8) is 0 Å². The van der Waals surface area contributed by atoms with E-state index in [-0.39, 0.29) is 0 Å². The summed E-state index contributed by atoms with van der Waals surface area (Å²) in [5.74, 6) is 0. The van der Waals surface area contributed by atoms with Crippen LogP contribution in [0.3, 0.4) is 0 Å². The molecule has 0 aliphatic rings. The lowest BCUT2D eigenvalue weighted by Gasteiger charge is -2.12. The molecule has 32 heavy (non-hydrogen) atoms. The van der Waals surface area contributed by atoms with Gasteiger partial charge >= 0.3 is 0 Å². The maximum Gasteiger partial charge on any atom is 0.181 e. The maximum atomic E-state index is 4.59. The van der Waals surface area contributed by atoms with Crippen LogP contribution in [0.15, 0.2) is 71.8 Å². The van der Waals surface area contributed by atoms with Crippen molar-refractivity contribution in [2.45, 2.75) is 0 Å². The van der Waals surface area contributed by atoms with Crippen LogP contribution in [0.25, 0.3) is 55.6 Å². The van der Waals surface area contributed by atoms with Crippen LogP contribution in [0.1, 0.15) is 0 Å². The van der Waals surface area contributed by atoms with Gasteiger partial charge in [0.1, 0.15) is 0 Å². The van der Waals surface area contributed by atoms with E-state index >= 15 is 0 Å². The van der Waals surface area contributed by atoms with E-state index in [0.29, 0.717) is 5.65 Å². The van der Waals surface area contributed by atoms with Gasteiger partial charge in [-0.2, -0.15) is 16.4 Å². The maximum absolute atomic E-state index is 4.59. The zero-order valence-corrected chi connectivity index (χ0v) is 18.4. The van der Waals surface area contributed by atoms with Gasteiger partial charge in [0.25, 0.3) is 0 Å². The SMILES string of the molecule is CN(C)c1cncc(-c2cnc3n[nH]c(-c4cc5c(-c6ccsc6)cccc5[nH]4)c3c2)c1. The molecule has 5 aromatic heterocycles. The lowest BCUT2D eigenvalue weighted by molar-refractivity contribution is 1.10. The molecule has 2 N–H and O–H groups in total. The zero-order valence-electron chi connectivity index (χ0n) is 17.6. The second-order valence-electron chi connectivity index (χ2n) is 7.98.